The molecule has 1 aliphatic carbocycles. The molecule has 2 unspecified atom stereocenters. The first-order valence-corrected chi connectivity index (χ1v) is 10.7. The van der Waals surface area contributed by atoms with E-state index in [1.165, 1.54) is 6.07 Å². The van der Waals surface area contributed by atoms with Gasteiger partial charge in [-0.25, -0.2) is 0 Å². The predicted molar refractivity (Wildman–Crippen MR) is 113 cm³/mol. The number of benzene rings is 2. The van der Waals surface area contributed by atoms with Crippen LogP contribution in [0.3, 0.4) is 0 Å². The van der Waals surface area contributed by atoms with Gasteiger partial charge in [0.25, 0.3) is 0 Å². The second-order valence-electron chi connectivity index (χ2n) is 7.81. The summed E-state index contributed by atoms with van der Waals surface area (Å²) in [6, 6.07) is 13.4. The van der Waals surface area contributed by atoms with E-state index in [2.05, 4.69) is 6.92 Å². The molecule has 3 rings (SSSR count). The molecule has 1 aliphatic rings. The molecule has 29 heavy (non-hydrogen) atoms. The largest absolute Gasteiger partial charge is 0.507 e. The number of rotatable bonds is 9. The SMILES string of the molecule is CCCCC(Oc1cc(O)c2c(c1)CCC(C(=O)CCC)C2=O)c1ccccc1. The lowest BCUT2D eigenvalue weighted by molar-refractivity contribution is -0.121. The quantitative estimate of drug-likeness (QED) is 0.545. The second-order valence-corrected chi connectivity index (χ2v) is 7.81. The molecule has 4 heteroatoms. The predicted octanol–water partition coefficient (Wildman–Crippen LogP) is 5.82. The number of hydrogen-bond donors (Lipinski definition) is 1. The Morgan fingerprint density at radius 1 is 1.17 bits per heavy atom. The van der Waals surface area contributed by atoms with Crippen molar-refractivity contribution >= 4 is 11.6 Å². The lowest BCUT2D eigenvalue weighted by atomic mass is 9.79. The van der Waals surface area contributed by atoms with Gasteiger partial charge in [-0.1, -0.05) is 50.6 Å². The number of phenolic OH excluding ortho intramolecular Hbond substituents is 1. The van der Waals surface area contributed by atoms with Crippen molar-refractivity contribution in [2.75, 3.05) is 0 Å². The van der Waals surface area contributed by atoms with Crippen molar-refractivity contribution in [3.63, 3.8) is 0 Å². The number of unbranched alkanes of at least 4 members (excludes halogenated alkanes) is 1. The van der Waals surface area contributed by atoms with E-state index in [9.17, 15) is 14.7 Å². The molecule has 0 bridgehead atoms. The topological polar surface area (TPSA) is 63.6 Å². The number of carbonyl (C=O) groups excluding carboxylic acids is 2. The third kappa shape index (κ3) is 4.87. The van der Waals surface area contributed by atoms with Gasteiger partial charge in [-0.2, -0.15) is 0 Å². The van der Waals surface area contributed by atoms with Crippen LogP contribution < -0.4 is 4.74 Å². The molecule has 2 atom stereocenters. The third-order valence-corrected chi connectivity index (χ3v) is 5.59. The molecule has 2 aromatic carbocycles. The molecule has 4 nitrogen and oxygen atoms in total. The first-order chi connectivity index (χ1) is 14.0. The van der Waals surface area contributed by atoms with Crippen LogP contribution in [0, 0.1) is 5.92 Å². The summed E-state index contributed by atoms with van der Waals surface area (Å²) >= 11 is 0. The summed E-state index contributed by atoms with van der Waals surface area (Å²) in [4.78, 5) is 25.1. The lowest BCUT2D eigenvalue weighted by Crippen LogP contribution is -2.29. The van der Waals surface area contributed by atoms with Crippen molar-refractivity contribution in [2.24, 2.45) is 5.92 Å². The highest BCUT2D eigenvalue weighted by Gasteiger charge is 2.34. The highest BCUT2D eigenvalue weighted by Crippen LogP contribution is 2.38. The maximum Gasteiger partial charge on any atom is 0.177 e. The highest BCUT2D eigenvalue weighted by molar-refractivity contribution is 6.13. The monoisotopic (exact) mass is 394 g/mol. The molecule has 0 heterocycles. The van der Waals surface area contributed by atoms with Crippen LogP contribution in [-0.2, 0) is 11.2 Å². The molecule has 154 valence electrons. The van der Waals surface area contributed by atoms with Gasteiger partial charge in [-0.3, -0.25) is 9.59 Å². The summed E-state index contributed by atoms with van der Waals surface area (Å²) in [5.41, 5.74) is 2.16. The molecule has 0 amide bonds. The first kappa shape index (κ1) is 21.1. The van der Waals surface area contributed by atoms with Gasteiger partial charge in [0.2, 0.25) is 0 Å². The Hall–Kier alpha value is -2.62. The smallest absolute Gasteiger partial charge is 0.177 e. The second kappa shape index (κ2) is 9.73. The van der Waals surface area contributed by atoms with Gasteiger partial charge < -0.3 is 9.84 Å². The zero-order valence-corrected chi connectivity index (χ0v) is 17.3. The van der Waals surface area contributed by atoms with Crippen LogP contribution in [0.2, 0.25) is 0 Å². The van der Waals surface area contributed by atoms with E-state index in [0.717, 1.165) is 36.8 Å². The molecule has 2 aromatic rings. The summed E-state index contributed by atoms with van der Waals surface area (Å²) < 4.78 is 6.26. The zero-order chi connectivity index (χ0) is 20.8. The Bertz CT molecular complexity index is 857. The fourth-order valence-electron chi connectivity index (χ4n) is 4.05. The van der Waals surface area contributed by atoms with E-state index in [-0.39, 0.29) is 23.4 Å². The first-order valence-electron chi connectivity index (χ1n) is 10.7. The number of Topliss-reactive ketones (excluding diaryl/α,β-unsaturated/α-hetero) is 2. The minimum Gasteiger partial charge on any atom is -0.507 e. The van der Waals surface area contributed by atoms with E-state index in [1.54, 1.807) is 0 Å². The summed E-state index contributed by atoms with van der Waals surface area (Å²) in [6.45, 7) is 4.08. The molecule has 0 aromatic heterocycles. The van der Waals surface area contributed by atoms with Crippen molar-refractivity contribution in [3.8, 4) is 11.5 Å². The average molecular weight is 395 g/mol. The number of ether oxygens (including phenoxy) is 1. The van der Waals surface area contributed by atoms with Crippen LogP contribution in [0.1, 0.15) is 80.0 Å². The van der Waals surface area contributed by atoms with Crippen LogP contribution in [0.25, 0.3) is 0 Å². The van der Waals surface area contributed by atoms with Crippen molar-refractivity contribution in [1.29, 1.82) is 0 Å². The summed E-state index contributed by atoms with van der Waals surface area (Å²) in [7, 11) is 0. The van der Waals surface area contributed by atoms with E-state index < -0.39 is 5.92 Å². The fourth-order valence-corrected chi connectivity index (χ4v) is 4.05. The van der Waals surface area contributed by atoms with Crippen molar-refractivity contribution in [3.05, 3.63) is 59.2 Å². The van der Waals surface area contributed by atoms with Crippen LogP contribution in [-0.4, -0.2) is 16.7 Å². The van der Waals surface area contributed by atoms with Crippen LogP contribution in [0.5, 0.6) is 11.5 Å². The molecular formula is C25H30O4. The minimum atomic E-state index is -0.623. The molecule has 0 aliphatic heterocycles. The lowest BCUT2D eigenvalue weighted by Gasteiger charge is -2.25. The normalized spacial score (nSPS) is 16.9. The van der Waals surface area contributed by atoms with Crippen LogP contribution in [0.4, 0.5) is 0 Å². The van der Waals surface area contributed by atoms with Gasteiger partial charge in [-0.05, 0) is 49.3 Å². The number of ketones is 2. The van der Waals surface area contributed by atoms with E-state index in [1.807, 2.05) is 43.3 Å². The van der Waals surface area contributed by atoms with Crippen LogP contribution in [0.15, 0.2) is 42.5 Å². The van der Waals surface area contributed by atoms with Crippen molar-refractivity contribution in [2.45, 2.75) is 64.9 Å². The van der Waals surface area contributed by atoms with Gasteiger partial charge in [0.05, 0.1) is 11.5 Å². The summed E-state index contributed by atoms with van der Waals surface area (Å²) in [6.07, 6.45) is 5.12. The minimum absolute atomic E-state index is 0.0217. The molecule has 1 N–H and O–H groups in total. The maximum absolute atomic E-state index is 12.8. The van der Waals surface area contributed by atoms with Crippen molar-refractivity contribution < 1.29 is 19.4 Å². The highest BCUT2D eigenvalue weighted by atomic mass is 16.5. The number of carbonyl (C=O) groups is 2. The molecular weight excluding hydrogens is 364 g/mol. The molecule has 0 saturated carbocycles. The number of aromatic hydroxyl groups is 1. The molecule has 0 radical (unpaired) electrons. The van der Waals surface area contributed by atoms with E-state index >= 15 is 0 Å². The number of hydrogen-bond acceptors (Lipinski definition) is 4. The average Bonchev–Trinajstić information content (AvgIpc) is 2.71. The Balaban J connectivity index is 1.85. The number of aryl methyl sites for hydroxylation is 1. The Morgan fingerprint density at radius 3 is 2.62 bits per heavy atom. The maximum atomic E-state index is 12.8. The van der Waals surface area contributed by atoms with Gasteiger partial charge in [0, 0.05) is 12.5 Å². The molecule has 0 saturated heterocycles. The molecule has 0 spiro atoms. The Kier molecular flexibility index (Phi) is 7.08. The zero-order valence-electron chi connectivity index (χ0n) is 17.3. The van der Waals surface area contributed by atoms with Gasteiger partial charge >= 0.3 is 0 Å². The van der Waals surface area contributed by atoms with E-state index in [4.69, 9.17) is 4.74 Å². The Morgan fingerprint density at radius 2 is 1.93 bits per heavy atom. The molecule has 0 fully saturated rings. The third-order valence-electron chi connectivity index (χ3n) is 5.59. The fraction of sp³-hybridized carbons (Fsp3) is 0.440. The van der Waals surface area contributed by atoms with Crippen molar-refractivity contribution in [1.82, 2.24) is 0 Å². The van der Waals surface area contributed by atoms with Gasteiger partial charge in [-0.15, -0.1) is 0 Å². The van der Waals surface area contributed by atoms with Gasteiger partial charge in [0.1, 0.15) is 23.4 Å². The van der Waals surface area contributed by atoms with Crippen LogP contribution >= 0.6 is 0 Å². The number of phenols is 1. The number of fused-ring (bicyclic) bond motifs is 1. The summed E-state index contributed by atoms with van der Waals surface area (Å²) in [5, 5.41) is 10.6. The van der Waals surface area contributed by atoms with Gasteiger partial charge in [0.15, 0.2) is 5.78 Å². The van der Waals surface area contributed by atoms with E-state index in [0.29, 0.717) is 30.6 Å². The Labute approximate surface area is 172 Å². The standard InChI is InChI=1S/C25H30O4/c1-3-5-12-23(17-10-7-6-8-11-17)29-19-15-18-13-14-20(21(26)9-4-2)25(28)24(18)22(27)16-19/h6-8,10-11,15-16,20,23,27H,3-5,9,12-14H2,1-2H3. The summed E-state index contributed by atoms with van der Waals surface area (Å²) in [5.74, 6) is -0.413.